The number of fused-ring (bicyclic) bond motifs is 4. The summed E-state index contributed by atoms with van der Waals surface area (Å²) in [6, 6.07) is 10.5. The number of esters is 1. The largest absolute Gasteiger partial charge is 0.457 e. The first-order valence-electron chi connectivity index (χ1n) is 12.0. The Kier molecular flexibility index (Phi) is 5.29. The molecule has 162 valence electrons. The van der Waals surface area contributed by atoms with E-state index < -0.39 is 0 Å². The maximum absolute atomic E-state index is 12.0. The van der Waals surface area contributed by atoms with Crippen molar-refractivity contribution >= 4 is 12.0 Å². The molecule has 1 aromatic carbocycles. The molecular weight excluding hydrogens is 372 g/mol. The van der Waals surface area contributed by atoms with E-state index >= 15 is 0 Å². The molecule has 30 heavy (non-hydrogen) atoms. The van der Waals surface area contributed by atoms with Gasteiger partial charge >= 0.3 is 5.97 Å². The molecule has 0 radical (unpaired) electrons. The van der Waals surface area contributed by atoms with E-state index in [-0.39, 0.29) is 23.6 Å². The van der Waals surface area contributed by atoms with Crippen LogP contribution in [0.15, 0.2) is 35.9 Å². The minimum Gasteiger partial charge on any atom is -0.457 e. The predicted octanol–water partition coefficient (Wildman–Crippen LogP) is 5.63. The molecule has 0 bridgehead atoms. The molecule has 0 aromatic heterocycles. The lowest BCUT2D eigenvalue weighted by molar-refractivity contribution is -0.154. The molecule has 0 heterocycles. The summed E-state index contributed by atoms with van der Waals surface area (Å²) in [5.41, 5.74) is 2.55. The molecule has 5 rings (SSSR count). The van der Waals surface area contributed by atoms with E-state index in [1.54, 1.807) is 6.92 Å². The first kappa shape index (κ1) is 20.3. The van der Waals surface area contributed by atoms with Crippen molar-refractivity contribution in [2.75, 3.05) is 0 Å². The van der Waals surface area contributed by atoms with Crippen molar-refractivity contribution < 1.29 is 14.6 Å². The van der Waals surface area contributed by atoms with Crippen LogP contribution in [0.3, 0.4) is 0 Å². The molecule has 0 unspecified atom stereocenters. The zero-order valence-electron chi connectivity index (χ0n) is 18.4. The quantitative estimate of drug-likeness (QED) is 0.646. The molecule has 0 saturated heterocycles. The van der Waals surface area contributed by atoms with Gasteiger partial charge in [-0.2, -0.15) is 0 Å². The lowest BCUT2D eigenvalue weighted by Crippen LogP contribution is -2.49. The molecule has 0 amide bonds. The summed E-state index contributed by atoms with van der Waals surface area (Å²) in [5.74, 6) is 3.49. The van der Waals surface area contributed by atoms with Gasteiger partial charge in [0.15, 0.2) is 0 Å². The summed E-state index contributed by atoms with van der Waals surface area (Å²) in [6.07, 6.45) is 11.4. The summed E-state index contributed by atoms with van der Waals surface area (Å²) in [6.45, 7) is 3.95. The number of ether oxygens (including phenoxy) is 1. The van der Waals surface area contributed by atoms with Crippen molar-refractivity contribution in [2.45, 2.75) is 77.4 Å². The normalized spacial score (nSPS) is 44.1. The third kappa shape index (κ3) is 3.53. The highest BCUT2D eigenvalue weighted by molar-refractivity contribution is 5.67. The molecule has 0 spiro atoms. The Morgan fingerprint density at radius 2 is 1.83 bits per heavy atom. The second-order valence-corrected chi connectivity index (χ2v) is 10.9. The SMILES string of the molecule is CC(=O)O[C@@H]1/C(=C/c2ccccc2)C[C@@H]2C[C@H]3[C@@H](CC[C@H]4C[C@H](O)CC[C@@H]43)C[C@]21C. The molecular formula is C27H36O3. The van der Waals surface area contributed by atoms with Gasteiger partial charge in [0, 0.05) is 12.3 Å². The first-order chi connectivity index (χ1) is 14.4. The number of benzene rings is 1. The fraction of sp³-hybridized carbons (Fsp3) is 0.667. The van der Waals surface area contributed by atoms with Gasteiger partial charge in [0.1, 0.15) is 6.10 Å². The summed E-state index contributed by atoms with van der Waals surface area (Å²) in [5, 5.41) is 10.2. The number of rotatable bonds is 2. The van der Waals surface area contributed by atoms with Crippen LogP contribution >= 0.6 is 0 Å². The van der Waals surface area contributed by atoms with Gasteiger partial charge in [-0.05, 0) is 92.1 Å². The minimum atomic E-state index is -0.159. The van der Waals surface area contributed by atoms with E-state index in [0.717, 1.165) is 42.9 Å². The summed E-state index contributed by atoms with van der Waals surface area (Å²) in [4.78, 5) is 12.0. The molecule has 4 aliphatic rings. The van der Waals surface area contributed by atoms with Crippen molar-refractivity contribution in [3.05, 3.63) is 41.5 Å². The second kappa shape index (κ2) is 7.82. The lowest BCUT2D eigenvalue weighted by Gasteiger charge is -2.54. The highest BCUT2D eigenvalue weighted by atomic mass is 16.5. The molecule has 8 atom stereocenters. The third-order valence-electron chi connectivity index (χ3n) is 9.12. The fourth-order valence-electron chi connectivity index (χ4n) is 7.83. The van der Waals surface area contributed by atoms with Crippen LogP contribution in [0.4, 0.5) is 0 Å². The molecule has 0 aliphatic heterocycles. The standard InChI is InChI=1S/C27H36O3/c1-17(28)30-26-21(12-18-6-4-3-5-7-18)13-22-15-25-20(16-27(22,26)2)9-8-19-14-23(29)10-11-24(19)25/h3-7,12,19-20,22-26,29H,8-11,13-16H2,1-2H3/b21-12+/t19-,20-,22+,23+,24-,25-,26+,27+/m0/s1. The number of aliphatic hydroxyl groups is 1. The number of carbonyl (C=O) groups excluding carboxylic acids is 1. The van der Waals surface area contributed by atoms with Crippen molar-refractivity contribution in [1.29, 1.82) is 0 Å². The molecule has 4 saturated carbocycles. The van der Waals surface area contributed by atoms with Crippen molar-refractivity contribution in [3.63, 3.8) is 0 Å². The van der Waals surface area contributed by atoms with Gasteiger partial charge in [-0.3, -0.25) is 4.79 Å². The van der Waals surface area contributed by atoms with Gasteiger partial charge in [0.2, 0.25) is 0 Å². The molecule has 3 nitrogen and oxygen atoms in total. The van der Waals surface area contributed by atoms with Crippen molar-refractivity contribution in [3.8, 4) is 0 Å². The number of aliphatic hydroxyl groups excluding tert-OH is 1. The van der Waals surface area contributed by atoms with E-state index in [1.165, 1.54) is 43.2 Å². The predicted molar refractivity (Wildman–Crippen MR) is 118 cm³/mol. The zero-order chi connectivity index (χ0) is 20.9. The maximum Gasteiger partial charge on any atom is 0.303 e. The molecule has 3 heteroatoms. The van der Waals surface area contributed by atoms with Crippen molar-refractivity contribution in [1.82, 2.24) is 0 Å². The van der Waals surface area contributed by atoms with E-state index in [2.05, 4.69) is 37.3 Å². The number of hydrogen-bond acceptors (Lipinski definition) is 3. The monoisotopic (exact) mass is 408 g/mol. The smallest absolute Gasteiger partial charge is 0.303 e. The van der Waals surface area contributed by atoms with Crippen LogP contribution in [-0.4, -0.2) is 23.3 Å². The van der Waals surface area contributed by atoms with Gasteiger partial charge in [0.05, 0.1) is 6.10 Å². The Balaban J connectivity index is 1.44. The highest BCUT2D eigenvalue weighted by Crippen LogP contribution is 2.63. The van der Waals surface area contributed by atoms with Gasteiger partial charge < -0.3 is 9.84 Å². The van der Waals surface area contributed by atoms with E-state index in [1.807, 2.05) is 6.07 Å². The van der Waals surface area contributed by atoms with Crippen LogP contribution in [0.2, 0.25) is 0 Å². The second-order valence-electron chi connectivity index (χ2n) is 10.9. The van der Waals surface area contributed by atoms with E-state index in [4.69, 9.17) is 4.74 Å². The molecule has 4 fully saturated rings. The maximum atomic E-state index is 12.0. The minimum absolute atomic E-state index is 0.0501. The van der Waals surface area contributed by atoms with Crippen LogP contribution in [0.5, 0.6) is 0 Å². The summed E-state index contributed by atoms with van der Waals surface area (Å²) >= 11 is 0. The zero-order valence-corrected chi connectivity index (χ0v) is 18.4. The fourth-order valence-corrected chi connectivity index (χ4v) is 7.83. The van der Waals surface area contributed by atoms with E-state index in [0.29, 0.717) is 5.92 Å². The van der Waals surface area contributed by atoms with Gasteiger partial charge in [-0.15, -0.1) is 0 Å². The Labute approximate surface area is 180 Å². The Hall–Kier alpha value is -1.61. The third-order valence-corrected chi connectivity index (χ3v) is 9.12. The van der Waals surface area contributed by atoms with Gasteiger partial charge in [-0.1, -0.05) is 43.3 Å². The Morgan fingerprint density at radius 3 is 2.60 bits per heavy atom. The molecule has 1 N–H and O–H groups in total. The van der Waals surface area contributed by atoms with Crippen LogP contribution in [-0.2, 0) is 9.53 Å². The average Bonchev–Trinajstić information content (AvgIpc) is 2.97. The van der Waals surface area contributed by atoms with Gasteiger partial charge in [0.25, 0.3) is 0 Å². The summed E-state index contributed by atoms with van der Waals surface area (Å²) < 4.78 is 6.03. The number of hydrogen-bond donors (Lipinski definition) is 1. The van der Waals surface area contributed by atoms with Crippen molar-refractivity contribution in [2.24, 2.45) is 35.0 Å². The Bertz CT molecular complexity index is 815. The summed E-state index contributed by atoms with van der Waals surface area (Å²) in [7, 11) is 0. The van der Waals surface area contributed by atoms with Crippen LogP contribution < -0.4 is 0 Å². The molecule has 4 aliphatic carbocycles. The highest BCUT2D eigenvalue weighted by Gasteiger charge is 2.58. The molecule has 1 aromatic rings. The Morgan fingerprint density at radius 1 is 1.07 bits per heavy atom. The van der Waals surface area contributed by atoms with E-state index in [9.17, 15) is 9.90 Å². The van der Waals surface area contributed by atoms with Crippen LogP contribution in [0.25, 0.3) is 6.08 Å². The van der Waals surface area contributed by atoms with Gasteiger partial charge in [-0.25, -0.2) is 0 Å². The van der Waals surface area contributed by atoms with Crippen LogP contribution in [0.1, 0.15) is 70.8 Å². The average molecular weight is 409 g/mol. The first-order valence-corrected chi connectivity index (χ1v) is 12.0. The topological polar surface area (TPSA) is 46.5 Å². The number of carbonyl (C=O) groups is 1. The lowest BCUT2D eigenvalue weighted by atomic mass is 9.51. The van der Waals surface area contributed by atoms with Crippen LogP contribution in [0, 0.1) is 35.0 Å².